The summed E-state index contributed by atoms with van der Waals surface area (Å²) in [6.45, 7) is -0.628. The number of para-hydroxylation sites is 1. The van der Waals surface area contributed by atoms with E-state index in [1.54, 1.807) is 30.3 Å². The van der Waals surface area contributed by atoms with Crippen molar-refractivity contribution in [3.05, 3.63) is 115 Å². The molecular formula is C29H19F3N4O6S2. The number of nitro benzene ring substituents is 1. The maximum Gasteiger partial charge on any atom is 0.418 e. The molecule has 224 valence electrons. The summed E-state index contributed by atoms with van der Waals surface area (Å²) in [7, 11) is 0. The fourth-order valence-corrected chi connectivity index (χ4v) is 8.20. The van der Waals surface area contributed by atoms with Crippen LogP contribution >= 0.6 is 23.1 Å². The monoisotopic (exact) mass is 640 g/mol. The summed E-state index contributed by atoms with van der Waals surface area (Å²) in [5, 5.41) is 12.6. The fraction of sp³-hybridized carbons (Fsp3) is 0.172. The minimum absolute atomic E-state index is 0.149. The van der Waals surface area contributed by atoms with Crippen LogP contribution in [0.1, 0.15) is 21.9 Å². The zero-order valence-corrected chi connectivity index (χ0v) is 23.8. The molecule has 1 saturated heterocycles. The third kappa shape index (κ3) is 5.07. The molecule has 3 unspecified atom stereocenters. The second-order valence-corrected chi connectivity index (χ2v) is 12.1. The Labute approximate surface area is 254 Å². The van der Waals surface area contributed by atoms with Crippen molar-refractivity contribution in [3.63, 3.8) is 0 Å². The number of hydrogen-bond donors (Lipinski definition) is 1. The molecule has 0 spiro atoms. The molecule has 2 aliphatic heterocycles. The van der Waals surface area contributed by atoms with Gasteiger partial charge in [-0.3, -0.25) is 33.9 Å². The molecule has 15 heteroatoms. The Morgan fingerprint density at radius 1 is 0.932 bits per heavy atom. The largest absolute Gasteiger partial charge is 0.418 e. The summed E-state index contributed by atoms with van der Waals surface area (Å²) in [6.07, 6.45) is -4.72. The lowest BCUT2D eigenvalue weighted by molar-refractivity contribution is -0.384. The third-order valence-electron chi connectivity index (χ3n) is 7.33. The number of rotatable bonds is 6. The highest BCUT2D eigenvalue weighted by atomic mass is 32.2. The van der Waals surface area contributed by atoms with Crippen LogP contribution in [0.5, 0.6) is 0 Å². The number of carbonyl (C=O) groups excluding carboxylic acids is 3. The van der Waals surface area contributed by atoms with Gasteiger partial charge in [0.2, 0.25) is 17.7 Å². The lowest BCUT2D eigenvalue weighted by Gasteiger charge is -2.30. The Balaban J connectivity index is 1.37. The quantitative estimate of drug-likeness (QED) is 0.173. The van der Waals surface area contributed by atoms with Crippen molar-refractivity contribution >= 4 is 57.9 Å². The van der Waals surface area contributed by atoms with Crippen molar-refractivity contribution in [1.82, 2.24) is 4.57 Å². The number of imide groups is 1. The number of thioether (sulfide) groups is 1. The predicted molar refractivity (Wildman–Crippen MR) is 156 cm³/mol. The van der Waals surface area contributed by atoms with Crippen LogP contribution in [0.3, 0.4) is 0 Å². The smallest absolute Gasteiger partial charge is 0.324 e. The normalized spacial score (nSPS) is 19.4. The number of alkyl halides is 3. The van der Waals surface area contributed by atoms with Crippen LogP contribution in [-0.2, 0) is 27.1 Å². The number of benzene rings is 3. The molecule has 1 N–H and O–H groups in total. The molecule has 0 bridgehead atoms. The fourth-order valence-electron chi connectivity index (χ4n) is 5.43. The van der Waals surface area contributed by atoms with Crippen LogP contribution in [0.25, 0.3) is 0 Å². The maximum absolute atomic E-state index is 13.9. The van der Waals surface area contributed by atoms with E-state index < -0.39 is 68.6 Å². The molecule has 44 heavy (non-hydrogen) atoms. The first-order valence-electron chi connectivity index (χ1n) is 13.0. The van der Waals surface area contributed by atoms with Gasteiger partial charge in [-0.05, 0) is 29.8 Å². The molecule has 3 aromatic carbocycles. The van der Waals surface area contributed by atoms with Gasteiger partial charge >= 0.3 is 11.0 Å². The number of nitrogens with zero attached hydrogens (tertiary/aromatic N) is 3. The summed E-state index contributed by atoms with van der Waals surface area (Å²) in [4.78, 5) is 65.2. The maximum atomic E-state index is 13.9. The van der Waals surface area contributed by atoms with E-state index in [9.17, 15) is 42.5 Å². The Hall–Kier alpha value is -4.76. The van der Waals surface area contributed by atoms with E-state index in [0.29, 0.717) is 10.4 Å². The van der Waals surface area contributed by atoms with Crippen LogP contribution in [-0.4, -0.2) is 32.5 Å². The van der Waals surface area contributed by atoms with E-state index in [-0.39, 0.29) is 16.4 Å². The van der Waals surface area contributed by atoms with Gasteiger partial charge in [0.1, 0.15) is 11.8 Å². The van der Waals surface area contributed by atoms with E-state index >= 15 is 0 Å². The molecule has 10 nitrogen and oxygen atoms in total. The lowest BCUT2D eigenvalue weighted by Crippen LogP contribution is -2.33. The highest BCUT2D eigenvalue weighted by Gasteiger charge is 2.56. The molecular weight excluding hydrogens is 621 g/mol. The van der Waals surface area contributed by atoms with Crippen molar-refractivity contribution in [3.8, 4) is 0 Å². The molecule has 3 amide bonds. The standard InChI is InChI=1S/C29H19F3N4O6S2/c30-29(31,32)18-8-4-5-9-19(18)33-20(37)14-34-27-24(44-28(34)40)21(15-6-2-1-3-7-15)22-23(43-27)26(39)35(25(22)38)16-10-12-17(13-11-16)36(41)42/h1-13,21-23H,14H2,(H,33,37). The lowest BCUT2D eigenvalue weighted by atomic mass is 9.83. The van der Waals surface area contributed by atoms with Gasteiger partial charge in [0.15, 0.2) is 0 Å². The van der Waals surface area contributed by atoms with Crippen molar-refractivity contribution in [2.24, 2.45) is 5.92 Å². The SMILES string of the molecule is O=C(Cn1c2c(sc1=O)C(c1ccccc1)C1C(=O)N(c3ccc([N+](=O)[O-])cc3)C(=O)C1S2)Nc1ccccc1C(F)(F)F. The molecule has 3 atom stereocenters. The van der Waals surface area contributed by atoms with Crippen molar-refractivity contribution in [2.45, 2.75) is 28.9 Å². The van der Waals surface area contributed by atoms with E-state index in [1.807, 2.05) is 0 Å². The second kappa shape index (κ2) is 11.1. The molecule has 0 radical (unpaired) electrons. The number of nitrogens with one attached hydrogen (secondary N) is 1. The topological polar surface area (TPSA) is 132 Å². The number of fused-ring (bicyclic) bond motifs is 2. The van der Waals surface area contributed by atoms with E-state index in [0.717, 1.165) is 44.7 Å². The molecule has 1 aromatic heterocycles. The van der Waals surface area contributed by atoms with Gasteiger partial charge in [-0.1, -0.05) is 65.6 Å². The first-order chi connectivity index (χ1) is 21.0. The number of amides is 3. The van der Waals surface area contributed by atoms with Gasteiger partial charge in [-0.2, -0.15) is 13.2 Å². The van der Waals surface area contributed by atoms with Crippen molar-refractivity contribution < 1.29 is 32.5 Å². The summed E-state index contributed by atoms with van der Waals surface area (Å²) in [6, 6.07) is 18.2. The van der Waals surface area contributed by atoms with Crippen molar-refractivity contribution in [1.29, 1.82) is 0 Å². The molecule has 0 aliphatic carbocycles. The van der Waals surface area contributed by atoms with Crippen LogP contribution in [0.4, 0.5) is 30.2 Å². The molecule has 3 heterocycles. The van der Waals surface area contributed by atoms with Gasteiger partial charge < -0.3 is 5.32 Å². The molecule has 2 aliphatic rings. The summed E-state index contributed by atoms with van der Waals surface area (Å²) in [5.41, 5.74) is -0.934. The number of hydrogen-bond acceptors (Lipinski definition) is 8. The van der Waals surface area contributed by atoms with E-state index in [1.165, 1.54) is 36.4 Å². The molecule has 1 fully saturated rings. The molecule has 6 rings (SSSR count). The van der Waals surface area contributed by atoms with Gasteiger partial charge in [0, 0.05) is 22.9 Å². The average Bonchev–Trinajstić information content (AvgIpc) is 3.43. The van der Waals surface area contributed by atoms with Crippen molar-refractivity contribution in [2.75, 3.05) is 10.2 Å². The van der Waals surface area contributed by atoms with Gasteiger partial charge in [0.05, 0.1) is 32.8 Å². The minimum atomic E-state index is -4.72. The summed E-state index contributed by atoms with van der Waals surface area (Å²) < 4.78 is 41.5. The predicted octanol–water partition coefficient (Wildman–Crippen LogP) is 5.27. The summed E-state index contributed by atoms with van der Waals surface area (Å²) in [5.74, 6) is -3.71. The highest BCUT2D eigenvalue weighted by molar-refractivity contribution is 8.00. The number of nitro groups is 1. The van der Waals surface area contributed by atoms with Crippen LogP contribution in [0.2, 0.25) is 0 Å². The van der Waals surface area contributed by atoms with Gasteiger partial charge in [0.25, 0.3) is 5.69 Å². The minimum Gasteiger partial charge on any atom is -0.324 e. The first kappa shape index (κ1) is 29.3. The Morgan fingerprint density at radius 2 is 1.59 bits per heavy atom. The van der Waals surface area contributed by atoms with Gasteiger partial charge in [-0.25, -0.2) is 4.90 Å². The number of halogens is 3. The van der Waals surface area contributed by atoms with E-state index in [2.05, 4.69) is 5.32 Å². The second-order valence-electron chi connectivity index (χ2n) is 9.95. The molecule has 4 aromatic rings. The molecule has 0 saturated carbocycles. The Morgan fingerprint density at radius 3 is 2.25 bits per heavy atom. The van der Waals surface area contributed by atoms with Crippen LogP contribution < -0.4 is 15.1 Å². The van der Waals surface area contributed by atoms with Crippen LogP contribution in [0.15, 0.2) is 88.7 Å². The zero-order chi connectivity index (χ0) is 31.3. The Kier molecular flexibility index (Phi) is 7.37. The van der Waals surface area contributed by atoms with Gasteiger partial charge in [-0.15, -0.1) is 0 Å². The first-order valence-corrected chi connectivity index (χ1v) is 14.7. The number of non-ortho nitro benzene ring substituents is 1. The van der Waals surface area contributed by atoms with E-state index in [4.69, 9.17) is 0 Å². The summed E-state index contributed by atoms with van der Waals surface area (Å²) >= 11 is 1.74. The Bertz CT molecular complexity index is 1870. The third-order valence-corrected chi connectivity index (χ3v) is 9.94. The number of carbonyl (C=O) groups is 3. The average molecular weight is 641 g/mol. The zero-order valence-electron chi connectivity index (χ0n) is 22.2. The highest BCUT2D eigenvalue weighted by Crippen LogP contribution is 2.54. The number of aromatic nitrogens is 1. The number of thiazole rings is 1. The van der Waals surface area contributed by atoms with Crippen LogP contribution in [0, 0.1) is 16.0 Å². The number of anilines is 2.